The molecule has 0 aromatic rings. The Hall–Kier alpha value is -0.860. The molecule has 0 bridgehead atoms. The minimum Gasteiger partial charge on any atom is -0.465 e. The smallest absolute Gasteiger partial charge is 0.316 e. The van der Waals surface area contributed by atoms with Crippen LogP contribution in [0.4, 0.5) is 0 Å². The molecule has 0 radical (unpaired) electrons. The molecule has 82 valence electrons. The number of hydrogen-bond acceptors (Lipinski definition) is 3. The Morgan fingerprint density at radius 2 is 1.86 bits per heavy atom. The van der Waals surface area contributed by atoms with E-state index in [1.165, 1.54) is 6.92 Å². The minimum absolute atomic E-state index is 0.0837. The van der Waals surface area contributed by atoms with Crippen molar-refractivity contribution >= 4 is 11.8 Å². The molecule has 0 amide bonds. The molecule has 0 spiro atoms. The number of unbranched alkanes of at least 4 members (excludes halogenated alkanes) is 1. The van der Waals surface area contributed by atoms with E-state index in [0.29, 0.717) is 13.0 Å². The quantitative estimate of drug-likeness (QED) is 0.468. The summed E-state index contributed by atoms with van der Waals surface area (Å²) in [6.45, 7) is 5.83. The minimum atomic E-state index is -0.540. The summed E-state index contributed by atoms with van der Waals surface area (Å²) in [6.07, 6.45) is 3.30. The van der Waals surface area contributed by atoms with Crippen molar-refractivity contribution in [2.75, 3.05) is 6.61 Å². The van der Waals surface area contributed by atoms with Gasteiger partial charge in [-0.25, -0.2) is 0 Å². The molecule has 0 aliphatic carbocycles. The van der Waals surface area contributed by atoms with Crippen molar-refractivity contribution in [2.24, 2.45) is 5.92 Å². The number of ketones is 1. The lowest BCUT2D eigenvalue weighted by molar-refractivity contribution is -0.151. The van der Waals surface area contributed by atoms with Crippen LogP contribution >= 0.6 is 0 Å². The lowest BCUT2D eigenvalue weighted by Gasteiger charge is -2.11. The Morgan fingerprint density at radius 3 is 2.29 bits per heavy atom. The van der Waals surface area contributed by atoms with E-state index in [1.807, 2.05) is 13.8 Å². The van der Waals surface area contributed by atoms with Crippen LogP contribution in [0.15, 0.2) is 0 Å². The lowest BCUT2D eigenvalue weighted by Crippen LogP contribution is -2.24. The Bertz CT molecular complexity index is 187. The van der Waals surface area contributed by atoms with Crippen molar-refractivity contribution < 1.29 is 14.3 Å². The predicted molar refractivity (Wildman–Crippen MR) is 54.9 cm³/mol. The van der Waals surface area contributed by atoms with Gasteiger partial charge in [-0.2, -0.15) is 0 Å². The van der Waals surface area contributed by atoms with Gasteiger partial charge in [0.2, 0.25) is 0 Å². The molecular formula is C11H20O3. The molecule has 0 aromatic heterocycles. The molecule has 0 aromatic carbocycles. The summed E-state index contributed by atoms with van der Waals surface area (Å²) in [5.74, 6) is -0.978. The Morgan fingerprint density at radius 1 is 1.21 bits per heavy atom. The summed E-state index contributed by atoms with van der Waals surface area (Å²) >= 11 is 0. The zero-order chi connectivity index (χ0) is 11.0. The molecule has 0 aliphatic rings. The highest BCUT2D eigenvalue weighted by Crippen LogP contribution is 2.11. The van der Waals surface area contributed by atoms with Gasteiger partial charge in [0.25, 0.3) is 0 Å². The fourth-order valence-electron chi connectivity index (χ4n) is 1.20. The fourth-order valence-corrected chi connectivity index (χ4v) is 1.20. The van der Waals surface area contributed by atoms with Gasteiger partial charge in [0.15, 0.2) is 0 Å². The van der Waals surface area contributed by atoms with Crippen LogP contribution in [-0.2, 0) is 14.3 Å². The maximum Gasteiger partial charge on any atom is 0.316 e. The van der Waals surface area contributed by atoms with Crippen molar-refractivity contribution in [1.82, 2.24) is 0 Å². The van der Waals surface area contributed by atoms with Crippen LogP contribution in [-0.4, -0.2) is 18.4 Å². The molecule has 0 rings (SSSR count). The molecule has 0 heterocycles. The van der Waals surface area contributed by atoms with E-state index >= 15 is 0 Å². The summed E-state index contributed by atoms with van der Waals surface area (Å²) in [4.78, 5) is 22.6. The molecule has 0 fully saturated rings. The largest absolute Gasteiger partial charge is 0.465 e. The van der Waals surface area contributed by atoms with Gasteiger partial charge >= 0.3 is 5.97 Å². The molecule has 3 heteroatoms. The number of rotatable bonds is 7. The first-order valence-corrected chi connectivity index (χ1v) is 5.30. The van der Waals surface area contributed by atoms with Gasteiger partial charge < -0.3 is 4.74 Å². The van der Waals surface area contributed by atoms with Gasteiger partial charge in [-0.15, -0.1) is 0 Å². The van der Waals surface area contributed by atoms with E-state index < -0.39 is 5.92 Å². The van der Waals surface area contributed by atoms with Crippen molar-refractivity contribution in [3.63, 3.8) is 0 Å². The normalized spacial score (nSPS) is 12.2. The van der Waals surface area contributed by atoms with Crippen LogP contribution < -0.4 is 0 Å². The van der Waals surface area contributed by atoms with E-state index in [1.54, 1.807) is 0 Å². The van der Waals surface area contributed by atoms with Crippen molar-refractivity contribution in [3.05, 3.63) is 0 Å². The summed E-state index contributed by atoms with van der Waals surface area (Å²) in [6, 6.07) is 0. The summed E-state index contributed by atoms with van der Waals surface area (Å²) in [5, 5.41) is 0. The summed E-state index contributed by atoms with van der Waals surface area (Å²) in [7, 11) is 0. The van der Waals surface area contributed by atoms with Gasteiger partial charge in [-0.05, 0) is 19.8 Å². The van der Waals surface area contributed by atoms with Gasteiger partial charge in [0.05, 0.1) is 6.61 Å². The van der Waals surface area contributed by atoms with Gasteiger partial charge in [0, 0.05) is 0 Å². The fraction of sp³-hybridized carbons (Fsp3) is 0.818. The average molecular weight is 200 g/mol. The highest BCUT2D eigenvalue weighted by molar-refractivity contribution is 5.97. The first-order valence-electron chi connectivity index (χ1n) is 5.30. The van der Waals surface area contributed by atoms with Crippen LogP contribution in [0, 0.1) is 5.92 Å². The third-order valence-corrected chi connectivity index (χ3v) is 2.07. The number of carbonyl (C=O) groups is 2. The van der Waals surface area contributed by atoms with Crippen LogP contribution in [0.25, 0.3) is 0 Å². The molecule has 14 heavy (non-hydrogen) atoms. The Labute approximate surface area is 85.8 Å². The highest BCUT2D eigenvalue weighted by Gasteiger charge is 2.23. The Kier molecular flexibility index (Phi) is 7.07. The first-order chi connectivity index (χ1) is 6.63. The first kappa shape index (κ1) is 13.1. The van der Waals surface area contributed by atoms with Crippen LogP contribution in [0.2, 0.25) is 0 Å². The number of ether oxygens (including phenoxy) is 1. The number of carbonyl (C=O) groups excluding carboxylic acids is 2. The van der Waals surface area contributed by atoms with E-state index in [-0.39, 0.29) is 11.8 Å². The molecule has 1 atom stereocenters. The number of esters is 1. The second kappa shape index (κ2) is 7.54. The maximum atomic E-state index is 11.4. The van der Waals surface area contributed by atoms with Gasteiger partial charge in [-0.3, -0.25) is 9.59 Å². The molecular weight excluding hydrogens is 180 g/mol. The predicted octanol–water partition coefficient (Wildman–Crippen LogP) is 2.33. The second-order valence-corrected chi connectivity index (χ2v) is 3.47. The van der Waals surface area contributed by atoms with Crippen LogP contribution in [0.3, 0.4) is 0 Å². The van der Waals surface area contributed by atoms with Crippen molar-refractivity contribution in [3.8, 4) is 0 Å². The standard InChI is InChI=1S/C11H20O3/c1-4-6-7-10(9(3)12)11(13)14-8-5-2/h10H,4-8H2,1-3H3. The molecule has 1 unspecified atom stereocenters. The number of Topliss-reactive ketones (excluding diaryl/α,β-unsaturated/α-hetero) is 1. The van der Waals surface area contributed by atoms with Gasteiger partial charge in [-0.1, -0.05) is 26.7 Å². The summed E-state index contributed by atoms with van der Waals surface area (Å²) < 4.78 is 4.95. The summed E-state index contributed by atoms with van der Waals surface area (Å²) in [5.41, 5.74) is 0. The Balaban J connectivity index is 4.05. The molecule has 0 saturated heterocycles. The topological polar surface area (TPSA) is 43.4 Å². The van der Waals surface area contributed by atoms with Crippen LogP contribution in [0.5, 0.6) is 0 Å². The number of hydrogen-bond donors (Lipinski definition) is 0. The van der Waals surface area contributed by atoms with Crippen LogP contribution in [0.1, 0.15) is 46.5 Å². The second-order valence-electron chi connectivity index (χ2n) is 3.47. The van der Waals surface area contributed by atoms with Crippen molar-refractivity contribution in [2.45, 2.75) is 46.5 Å². The third kappa shape index (κ3) is 5.00. The molecule has 0 N–H and O–H groups in total. The van der Waals surface area contributed by atoms with E-state index in [4.69, 9.17) is 4.74 Å². The monoisotopic (exact) mass is 200 g/mol. The zero-order valence-corrected chi connectivity index (χ0v) is 9.34. The molecule has 3 nitrogen and oxygen atoms in total. The molecule has 0 aliphatic heterocycles. The lowest BCUT2D eigenvalue weighted by atomic mass is 9.98. The third-order valence-electron chi connectivity index (χ3n) is 2.07. The van der Waals surface area contributed by atoms with Crippen molar-refractivity contribution in [1.29, 1.82) is 0 Å². The SMILES string of the molecule is CCCCC(C(C)=O)C(=O)OCCC. The highest BCUT2D eigenvalue weighted by atomic mass is 16.5. The average Bonchev–Trinajstić information content (AvgIpc) is 2.14. The van der Waals surface area contributed by atoms with E-state index in [0.717, 1.165) is 19.3 Å². The van der Waals surface area contributed by atoms with E-state index in [9.17, 15) is 9.59 Å². The van der Waals surface area contributed by atoms with Gasteiger partial charge in [0.1, 0.15) is 11.7 Å². The maximum absolute atomic E-state index is 11.4. The zero-order valence-electron chi connectivity index (χ0n) is 9.34. The molecule has 0 saturated carbocycles. The van der Waals surface area contributed by atoms with E-state index in [2.05, 4.69) is 0 Å².